The molecule has 0 spiro atoms. The van der Waals surface area contributed by atoms with Crippen LogP contribution in [-0.4, -0.2) is 30.5 Å². The largest absolute Gasteiger partial charge is 0.345 e. The van der Waals surface area contributed by atoms with Crippen molar-refractivity contribution in [3.8, 4) is 0 Å². The summed E-state index contributed by atoms with van der Waals surface area (Å²) in [6.07, 6.45) is 6.26. The van der Waals surface area contributed by atoms with Crippen LogP contribution in [0.1, 0.15) is 84.5 Å². The van der Waals surface area contributed by atoms with Gasteiger partial charge in [-0.2, -0.15) is 10.2 Å². The molecule has 1 fully saturated rings. The van der Waals surface area contributed by atoms with Gasteiger partial charge >= 0.3 is 0 Å². The third kappa shape index (κ3) is 3.66. The van der Waals surface area contributed by atoms with Crippen LogP contribution in [0.2, 0.25) is 0 Å². The number of pyridine rings is 1. The van der Waals surface area contributed by atoms with Crippen LogP contribution in [0.3, 0.4) is 0 Å². The molecule has 0 aliphatic heterocycles. The number of amides is 1. The highest BCUT2D eigenvalue weighted by Crippen LogP contribution is 2.40. The zero-order valence-electron chi connectivity index (χ0n) is 18.0. The molecule has 3 heterocycles. The Hall–Kier alpha value is -2.70. The first-order valence-corrected chi connectivity index (χ1v) is 10.6. The van der Waals surface area contributed by atoms with E-state index < -0.39 is 0 Å². The lowest BCUT2D eigenvalue weighted by Crippen LogP contribution is -2.27. The Morgan fingerprint density at radius 1 is 1.34 bits per heavy atom. The van der Waals surface area contributed by atoms with Gasteiger partial charge in [-0.25, -0.2) is 9.67 Å². The molecule has 0 radical (unpaired) electrons. The molecule has 7 nitrogen and oxygen atoms in total. The molecular formula is C22H30N6O. The summed E-state index contributed by atoms with van der Waals surface area (Å²) < 4.78 is 3.81. The van der Waals surface area contributed by atoms with Gasteiger partial charge < -0.3 is 5.32 Å². The summed E-state index contributed by atoms with van der Waals surface area (Å²) in [5.41, 5.74) is 5.50. The van der Waals surface area contributed by atoms with Gasteiger partial charge in [0.1, 0.15) is 0 Å². The first kappa shape index (κ1) is 19.6. The standard InChI is InChI=1S/C22H30N6O/c1-6-7-10-28-21-20(14(3)26-28)17(11-19(25-21)16-8-9-16)22(29)24-13(2)18-12-23-27(5)15(18)4/h11-13,16H,6-10H2,1-5H3,(H,24,29)/t13-/m1/s1. The zero-order chi connectivity index (χ0) is 20.7. The fourth-order valence-electron chi connectivity index (χ4n) is 3.90. The lowest BCUT2D eigenvalue weighted by Gasteiger charge is -2.15. The van der Waals surface area contributed by atoms with Gasteiger partial charge in [-0.1, -0.05) is 13.3 Å². The summed E-state index contributed by atoms with van der Waals surface area (Å²) in [7, 11) is 1.91. The molecule has 1 aliphatic carbocycles. The normalized spacial score (nSPS) is 15.1. The number of carbonyl (C=O) groups is 1. The molecule has 3 aromatic heterocycles. The average molecular weight is 395 g/mol. The molecule has 154 valence electrons. The van der Waals surface area contributed by atoms with E-state index in [2.05, 4.69) is 17.3 Å². The number of hydrogen-bond acceptors (Lipinski definition) is 4. The van der Waals surface area contributed by atoms with E-state index in [1.807, 2.05) is 49.4 Å². The van der Waals surface area contributed by atoms with E-state index in [-0.39, 0.29) is 11.9 Å². The molecule has 0 unspecified atom stereocenters. The topological polar surface area (TPSA) is 77.6 Å². The van der Waals surface area contributed by atoms with Gasteiger partial charge in [-0.3, -0.25) is 9.48 Å². The predicted molar refractivity (Wildman–Crippen MR) is 113 cm³/mol. The van der Waals surface area contributed by atoms with E-state index in [1.165, 1.54) is 0 Å². The van der Waals surface area contributed by atoms with Crippen molar-refractivity contribution in [2.45, 2.75) is 71.9 Å². The summed E-state index contributed by atoms with van der Waals surface area (Å²) in [6, 6.07) is 1.86. The Kier molecular flexibility index (Phi) is 5.15. The Balaban J connectivity index is 1.72. The monoisotopic (exact) mass is 394 g/mol. The van der Waals surface area contributed by atoms with Crippen molar-refractivity contribution in [2.24, 2.45) is 7.05 Å². The average Bonchev–Trinajstić information content (AvgIpc) is 3.43. The molecule has 1 N–H and O–H groups in total. The summed E-state index contributed by atoms with van der Waals surface area (Å²) in [5, 5.41) is 13.0. The minimum absolute atomic E-state index is 0.0757. The van der Waals surface area contributed by atoms with Crippen LogP contribution in [0.15, 0.2) is 12.3 Å². The molecule has 3 aromatic rings. The number of fused-ring (bicyclic) bond motifs is 1. The lowest BCUT2D eigenvalue weighted by atomic mass is 10.1. The van der Waals surface area contributed by atoms with Gasteiger partial charge in [0, 0.05) is 36.5 Å². The minimum atomic E-state index is -0.126. The molecule has 1 atom stereocenters. The summed E-state index contributed by atoms with van der Waals surface area (Å²) >= 11 is 0. The van der Waals surface area contributed by atoms with Crippen molar-refractivity contribution in [2.75, 3.05) is 0 Å². The predicted octanol–water partition coefficient (Wildman–Crippen LogP) is 3.95. The third-order valence-corrected chi connectivity index (χ3v) is 5.95. The van der Waals surface area contributed by atoms with E-state index in [4.69, 9.17) is 10.1 Å². The molecule has 0 saturated heterocycles. The van der Waals surface area contributed by atoms with Gasteiger partial charge in [0.2, 0.25) is 0 Å². The molecule has 0 bridgehead atoms. The van der Waals surface area contributed by atoms with Crippen molar-refractivity contribution in [3.63, 3.8) is 0 Å². The van der Waals surface area contributed by atoms with Crippen LogP contribution in [0.25, 0.3) is 11.0 Å². The molecular weight excluding hydrogens is 364 g/mol. The number of nitrogens with zero attached hydrogens (tertiary/aromatic N) is 5. The fourth-order valence-corrected chi connectivity index (χ4v) is 3.90. The highest BCUT2D eigenvalue weighted by atomic mass is 16.1. The molecule has 0 aromatic carbocycles. The SMILES string of the molecule is CCCCn1nc(C)c2c(C(=O)N[C@H](C)c3cnn(C)c3C)cc(C3CC3)nc21. The number of hydrogen-bond donors (Lipinski definition) is 1. The van der Waals surface area contributed by atoms with E-state index in [0.29, 0.717) is 11.5 Å². The third-order valence-electron chi connectivity index (χ3n) is 5.95. The van der Waals surface area contributed by atoms with Gasteiger partial charge in [0.15, 0.2) is 5.65 Å². The quantitative estimate of drug-likeness (QED) is 0.658. The van der Waals surface area contributed by atoms with Crippen LogP contribution in [0.4, 0.5) is 0 Å². The highest BCUT2D eigenvalue weighted by Gasteiger charge is 2.29. The van der Waals surface area contributed by atoms with Gasteiger partial charge in [-0.15, -0.1) is 0 Å². The zero-order valence-corrected chi connectivity index (χ0v) is 18.0. The van der Waals surface area contributed by atoms with Crippen LogP contribution >= 0.6 is 0 Å². The van der Waals surface area contributed by atoms with E-state index in [0.717, 1.165) is 65.9 Å². The Labute approximate surface area is 171 Å². The summed E-state index contributed by atoms with van der Waals surface area (Å²) in [5.74, 6) is 0.395. The number of carbonyl (C=O) groups excluding carboxylic acids is 1. The molecule has 7 heteroatoms. The second-order valence-corrected chi connectivity index (χ2v) is 8.23. The van der Waals surface area contributed by atoms with Crippen molar-refractivity contribution in [3.05, 3.63) is 40.5 Å². The maximum Gasteiger partial charge on any atom is 0.252 e. The van der Waals surface area contributed by atoms with Gasteiger partial charge in [0.25, 0.3) is 5.91 Å². The number of unbranched alkanes of at least 4 members (excludes halogenated alkanes) is 1. The number of aromatic nitrogens is 5. The molecule has 1 amide bonds. The van der Waals surface area contributed by atoms with Crippen molar-refractivity contribution >= 4 is 16.9 Å². The number of rotatable bonds is 7. The molecule has 4 rings (SSSR count). The van der Waals surface area contributed by atoms with Crippen molar-refractivity contribution < 1.29 is 4.79 Å². The first-order chi connectivity index (χ1) is 13.9. The second-order valence-electron chi connectivity index (χ2n) is 8.23. The van der Waals surface area contributed by atoms with Crippen LogP contribution in [0, 0.1) is 13.8 Å². The first-order valence-electron chi connectivity index (χ1n) is 10.6. The van der Waals surface area contributed by atoms with Gasteiger partial charge in [-0.05, 0) is 46.1 Å². The maximum absolute atomic E-state index is 13.3. The second kappa shape index (κ2) is 7.61. The van der Waals surface area contributed by atoms with Crippen LogP contribution in [0.5, 0.6) is 0 Å². The highest BCUT2D eigenvalue weighted by molar-refractivity contribution is 6.06. The maximum atomic E-state index is 13.3. The molecule has 29 heavy (non-hydrogen) atoms. The van der Waals surface area contributed by atoms with E-state index >= 15 is 0 Å². The lowest BCUT2D eigenvalue weighted by molar-refractivity contribution is 0.0941. The van der Waals surface area contributed by atoms with Crippen molar-refractivity contribution in [1.82, 2.24) is 29.9 Å². The fraction of sp³-hybridized carbons (Fsp3) is 0.545. The van der Waals surface area contributed by atoms with E-state index in [1.54, 1.807) is 0 Å². The molecule has 1 aliphatic rings. The van der Waals surface area contributed by atoms with Crippen molar-refractivity contribution in [1.29, 1.82) is 0 Å². The summed E-state index contributed by atoms with van der Waals surface area (Å²) in [6.45, 7) is 8.98. The Morgan fingerprint density at radius 3 is 2.72 bits per heavy atom. The summed E-state index contributed by atoms with van der Waals surface area (Å²) in [4.78, 5) is 18.2. The minimum Gasteiger partial charge on any atom is -0.345 e. The van der Waals surface area contributed by atoms with Gasteiger partial charge in [0.05, 0.1) is 28.9 Å². The number of nitrogens with one attached hydrogen (secondary N) is 1. The van der Waals surface area contributed by atoms with Crippen LogP contribution < -0.4 is 5.32 Å². The smallest absolute Gasteiger partial charge is 0.252 e. The van der Waals surface area contributed by atoms with E-state index in [9.17, 15) is 4.79 Å². The van der Waals surface area contributed by atoms with Crippen LogP contribution in [-0.2, 0) is 13.6 Å². The Bertz CT molecular complexity index is 1060. The Morgan fingerprint density at radius 2 is 2.10 bits per heavy atom. The molecule has 1 saturated carbocycles. The number of aryl methyl sites for hydroxylation is 3.